The van der Waals surface area contributed by atoms with E-state index in [-0.39, 0.29) is 4.75 Å². The Morgan fingerprint density at radius 1 is 1.20 bits per heavy atom. The molecule has 58 valence electrons. The highest BCUT2D eigenvalue weighted by molar-refractivity contribution is 7.91. The van der Waals surface area contributed by atoms with E-state index in [4.69, 9.17) is 0 Å². The van der Waals surface area contributed by atoms with E-state index in [1.54, 1.807) is 0 Å². The van der Waals surface area contributed by atoms with Crippen LogP contribution in [0, 0.1) is 0 Å². The number of nitrogens with one attached hydrogen (secondary N) is 1. The van der Waals surface area contributed by atoms with Gasteiger partial charge in [-0.05, 0) is 25.7 Å². The Bertz CT molecular complexity index is 240. The molecule has 1 spiro atoms. The fourth-order valence-electron chi connectivity index (χ4n) is 1.56. The molecular formula is C6H11NO2S. The molecule has 0 unspecified atom stereocenters. The first kappa shape index (κ1) is 6.61. The monoisotopic (exact) mass is 161 g/mol. The van der Waals surface area contributed by atoms with Crippen molar-refractivity contribution in [2.24, 2.45) is 0 Å². The summed E-state index contributed by atoms with van der Waals surface area (Å²) in [6, 6.07) is 0. The van der Waals surface area contributed by atoms with E-state index in [0.29, 0.717) is 6.54 Å². The van der Waals surface area contributed by atoms with E-state index in [0.717, 1.165) is 25.7 Å². The largest absolute Gasteiger partial charge is 0.217 e. The van der Waals surface area contributed by atoms with Crippen LogP contribution in [0.1, 0.15) is 25.7 Å². The highest BCUT2D eigenvalue weighted by Crippen LogP contribution is 2.48. The summed E-state index contributed by atoms with van der Waals surface area (Å²) in [5.41, 5.74) is 0. The summed E-state index contributed by atoms with van der Waals surface area (Å²) >= 11 is 0. The SMILES string of the molecule is O=S1(=O)NCCCC12CC2. The van der Waals surface area contributed by atoms with Crippen molar-refractivity contribution in [2.75, 3.05) is 6.54 Å². The lowest BCUT2D eigenvalue weighted by atomic mass is 10.2. The van der Waals surface area contributed by atoms with Crippen molar-refractivity contribution in [1.29, 1.82) is 0 Å². The van der Waals surface area contributed by atoms with Crippen molar-refractivity contribution in [1.82, 2.24) is 4.72 Å². The van der Waals surface area contributed by atoms with Crippen molar-refractivity contribution in [3.05, 3.63) is 0 Å². The zero-order chi connectivity index (χ0) is 7.24. The molecule has 2 fully saturated rings. The maximum atomic E-state index is 11.3. The summed E-state index contributed by atoms with van der Waals surface area (Å²) in [6.07, 6.45) is 3.65. The highest BCUT2D eigenvalue weighted by Gasteiger charge is 2.55. The van der Waals surface area contributed by atoms with Gasteiger partial charge in [0.05, 0.1) is 4.75 Å². The van der Waals surface area contributed by atoms with Gasteiger partial charge in [-0.15, -0.1) is 0 Å². The lowest BCUT2D eigenvalue weighted by Crippen LogP contribution is -2.41. The van der Waals surface area contributed by atoms with Gasteiger partial charge >= 0.3 is 0 Å². The van der Waals surface area contributed by atoms with Gasteiger partial charge < -0.3 is 0 Å². The fraction of sp³-hybridized carbons (Fsp3) is 1.00. The van der Waals surface area contributed by atoms with E-state index >= 15 is 0 Å². The van der Waals surface area contributed by atoms with Crippen molar-refractivity contribution in [2.45, 2.75) is 30.4 Å². The van der Waals surface area contributed by atoms with E-state index in [1.807, 2.05) is 0 Å². The third-order valence-electron chi connectivity index (χ3n) is 2.48. The van der Waals surface area contributed by atoms with E-state index in [9.17, 15) is 8.42 Å². The average molecular weight is 161 g/mol. The number of hydrogen-bond acceptors (Lipinski definition) is 2. The number of hydrogen-bond donors (Lipinski definition) is 1. The second-order valence-corrected chi connectivity index (χ2v) is 5.35. The highest BCUT2D eigenvalue weighted by atomic mass is 32.2. The quantitative estimate of drug-likeness (QED) is 0.553. The maximum Gasteiger partial charge on any atom is 0.217 e. The van der Waals surface area contributed by atoms with Crippen LogP contribution in [-0.4, -0.2) is 19.7 Å². The predicted molar refractivity (Wildman–Crippen MR) is 38.1 cm³/mol. The van der Waals surface area contributed by atoms with Crippen LogP contribution in [0.25, 0.3) is 0 Å². The third-order valence-corrected chi connectivity index (χ3v) is 4.82. The van der Waals surface area contributed by atoms with E-state index in [2.05, 4.69) is 4.72 Å². The van der Waals surface area contributed by atoms with Crippen LogP contribution < -0.4 is 4.72 Å². The molecule has 0 aromatic heterocycles. The summed E-state index contributed by atoms with van der Waals surface area (Å²) < 4.78 is 24.8. The molecule has 2 rings (SSSR count). The van der Waals surface area contributed by atoms with Crippen molar-refractivity contribution in [3.8, 4) is 0 Å². The molecule has 1 aliphatic heterocycles. The standard InChI is InChI=1S/C6H11NO2S/c8-10(9)6(3-4-6)2-1-5-7-10/h7H,1-5H2. The molecule has 1 heterocycles. The molecule has 0 aromatic rings. The van der Waals surface area contributed by atoms with Crippen molar-refractivity contribution < 1.29 is 8.42 Å². The summed E-state index contributed by atoms with van der Waals surface area (Å²) in [5, 5.41) is 0. The Balaban J connectivity index is 2.32. The van der Waals surface area contributed by atoms with Crippen LogP contribution in [0.15, 0.2) is 0 Å². The second-order valence-electron chi connectivity index (χ2n) is 3.18. The molecule has 3 nitrogen and oxygen atoms in total. The molecule has 1 N–H and O–H groups in total. The van der Waals surface area contributed by atoms with Crippen molar-refractivity contribution >= 4 is 10.0 Å². The van der Waals surface area contributed by atoms with Crippen molar-refractivity contribution in [3.63, 3.8) is 0 Å². The van der Waals surface area contributed by atoms with Gasteiger partial charge in [0.1, 0.15) is 0 Å². The molecular weight excluding hydrogens is 150 g/mol. The fourth-order valence-corrected chi connectivity index (χ4v) is 3.33. The molecule has 0 atom stereocenters. The van der Waals surface area contributed by atoms with Gasteiger partial charge in [0.25, 0.3) is 0 Å². The summed E-state index contributed by atoms with van der Waals surface area (Å²) in [6.45, 7) is 0.643. The van der Waals surface area contributed by atoms with Gasteiger partial charge in [-0.3, -0.25) is 0 Å². The van der Waals surface area contributed by atoms with Crippen LogP contribution in [0.4, 0.5) is 0 Å². The number of sulfonamides is 1. The van der Waals surface area contributed by atoms with Crippen LogP contribution in [0.5, 0.6) is 0 Å². The average Bonchev–Trinajstić information content (AvgIpc) is 2.59. The first-order chi connectivity index (χ1) is 4.66. The zero-order valence-corrected chi connectivity index (χ0v) is 6.58. The molecule has 1 aliphatic carbocycles. The topological polar surface area (TPSA) is 46.2 Å². The first-order valence-electron chi connectivity index (χ1n) is 3.66. The molecule has 4 heteroatoms. The Hall–Kier alpha value is -0.0900. The van der Waals surface area contributed by atoms with Crippen LogP contribution in [-0.2, 0) is 10.0 Å². The lowest BCUT2D eigenvalue weighted by Gasteiger charge is -2.21. The zero-order valence-electron chi connectivity index (χ0n) is 5.76. The summed E-state index contributed by atoms with van der Waals surface area (Å²) in [4.78, 5) is 0. The lowest BCUT2D eigenvalue weighted by molar-refractivity contribution is 0.520. The minimum Gasteiger partial charge on any atom is -0.215 e. The van der Waals surface area contributed by atoms with Gasteiger partial charge in [0.15, 0.2) is 0 Å². The predicted octanol–water partition coefficient (Wildman–Crippen LogP) is 0.232. The summed E-state index contributed by atoms with van der Waals surface area (Å²) in [5.74, 6) is 0. The Morgan fingerprint density at radius 3 is 2.30 bits per heavy atom. The van der Waals surface area contributed by atoms with E-state index < -0.39 is 10.0 Å². The Labute approximate surface area is 60.9 Å². The molecule has 1 saturated carbocycles. The minimum atomic E-state index is -2.90. The molecule has 0 aromatic carbocycles. The van der Waals surface area contributed by atoms with Crippen LogP contribution in [0.2, 0.25) is 0 Å². The number of rotatable bonds is 0. The third kappa shape index (κ3) is 0.720. The van der Waals surface area contributed by atoms with Gasteiger partial charge in [-0.1, -0.05) is 0 Å². The molecule has 0 amide bonds. The second kappa shape index (κ2) is 1.74. The van der Waals surface area contributed by atoms with Gasteiger partial charge in [0, 0.05) is 6.54 Å². The Morgan fingerprint density at radius 2 is 1.90 bits per heavy atom. The normalized spacial score (nSPS) is 34.0. The maximum absolute atomic E-state index is 11.3. The Kier molecular flexibility index (Phi) is 1.15. The van der Waals surface area contributed by atoms with Gasteiger partial charge in [-0.25, -0.2) is 13.1 Å². The molecule has 0 bridgehead atoms. The molecule has 10 heavy (non-hydrogen) atoms. The van der Waals surface area contributed by atoms with Crippen LogP contribution in [0.3, 0.4) is 0 Å². The van der Waals surface area contributed by atoms with Gasteiger partial charge in [0.2, 0.25) is 10.0 Å². The minimum absolute atomic E-state index is 0.314. The molecule has 1 saturated heterocycles. The van der Waals surface area contributed by atoms with Crippen LogP contribution >= 0.6 is 0 Å². The first-order valence-corrected chi connectivity index (χ1v) is 5.14. The molecule has 2 aliphatic rings. The van der Waals surface area contributed by atoms with E-state index in [1.165, 1.54) is 0 Å². The molecule has 0 radical (unpaired) electrons. The summed E-state index contributed by atoms with van der Waals surface area (Å²) in [7, 11) is -2.90. The smallest absolute Gasteiger partial charge is 0.215 e. The van der Waals surface area contributed by atoms with Gasteiger partial charge in [-0.2, -0.15) is 0 Å².